The quantitative estimate of drug-likeness (QED) is 0.292. The smallest absolute Gasteiger partial charge is 0.307 e. The van der Waals surface area contributed by atoms with E-state index in [1.165, 1.54) is 16.2 Å². The highest BCUT2D eigenvalue weighted by Crippen LogP contribution is 2.47. The molecule has 3 aliphatic heterocycles. The van der Waals surface area contributed by atoms with E-state index in [-0.39, 0.29) is 55.9 Å². The number of benzene rings is 1. The van der Waals surface area contributed by atoms with Crippen LogP contribution in [0.4, 0.5) is 0 Å². The number of thiazole rings is 1. The molecule has 6 atom stereocenters. The molecule has 302 valence electrons. The molecule has 2 saturated heterocycles. The van der Waals surface area contributed by atoms with E-state index in [9.17, 15) is 32.4 Å². The topological polar surface area (TPSA) is 181 Å². The van der Waals surface area contributed by atoms with Gasteiger partial charge in [-0.1, -0.05) is 25.0 Å². The standard InChI is InChI=1S/C40H51N5O9S2/c1-39(2,3)54-32(46)18-25-10-8-6-5-7-9-11-27-19-40(27,38(50)43-56(51,52)29-16-17-29)42-34(47)33-30-22-44(20-26(30)21-45(33)36(25)48)37(49)31-23-55-35(41-31)24-12-14-28(53-4)15-13-24/h9,11-15,23,25-27,29-30,33H,5-8,10,16-22H2,1-4H3,(H,42,47)(H,43,50)/b11-9-/t25-,26+,27-,30+,33+,40-/m1/s1. The van der Waals surface area contributed by atoms with Crippen LogP contribution < -0.4 is 14.8 Å². The molecule has 0 unspecified atom stereocenters. The van der Waals surface area contributed by atoms with Crippen LogP contribution in [0.1, 0.15) is 89.0 Å². The summed E-state index contributed by atoms with van der Waals surface area (Å²) < 4.78 is 38.9. The number of likely N-dealkylation sites (tertiary alicyclic amines) is 1. The van der Waals surface area contributed by atoms with E-state index in [4.69, 9.17) is 9.47 Å². The Kier molecular flexibility index (Phi) is 11.1. The number of aromatic nitrogens is 1. The number of amides is 4. The van der Waals surface area contributed by atoms with Gasteiger partial charge in [-0.25, -0.2) is 13.4 Å². The van der Waals surface area contributed by atoms with E-state index in [0.717, 1.165) is 18.4 Å². The van der Waals surface area contributed by atoms with Gasteiger partial charge in [-0.2, -0.15) is 0 Å². The average molecular weight is 810 g/mol. The van der Waals surface area contributed by atoms with Crippen molar-refractivity contribution in [1.29, 1.82) is 0 Å². The van der Waals surface area contributed by atoms with Crippen LogP contribution in [0.3, 0.4) is 0 Å². The number of carbonyl (C=O) groups is 5. The van der Waals surface area contributed by atoms with Crippen molar-refractivity contribution in [2.75, 3.05) is 26.7 Å². The molecule has 2 saturated carbocycles. The molecule has 4 heterocycles. The van der Waals surface area contributed by atoms with Crippen molar-refractivity contribution in [3.63, 3.8) is 0 Å². The molecule has 1 aromatic heterocycles. The number of nitrogens with one attached hydrogen (secondary N) is 2. The van der Waals surface area contributed by atoms with Gasteiger partial charge in [-0.05, 0) is 83.6 Å². The first-order valence-corrected chi connectivity index (χ1v) is 22.0. The van der Waals surface area contributed by atoms with Crippen LogP contribution in [0.25, 0.3) is 10.6 Å². The maximum absolute atomic E-state index is 14.7. The molecule has 0 bridgehead atoms. The van der Waals surface area contributed by atoms with Gasteiger partial charge >= 0.3 is 5.97 Å². The van der Waals surface area contributed by atoms with Crippen molar-refractivity contribution in [3.8, 4) is 16.3 Å². The Labute approximate surface area is 331 Å². The van der Waals surface area contributed by atoms with E-state index in [1.807, 2.05) is 36.4 Å². The molecular formula is C40H51N5O9S2. The third kappa shape index (κ3) is 8.50. The molecule has 4 fully saturated rings. The van der Waals surface area contributed by atoms with Crippen molar-refractivity contribution >= 4 is 51.0 Å². The lowest BCUT2D eigenvalue weighted by Crippen LogP contribution is -2.58. The summed E-state index contributed by atoms with van der Waals surface area (Å²) in [7, 11) is -2.32. The highest BCUT2D eigenvalue weighted by atomic mass is 32.2. The molecule has 0 radical (unpaired) electrons. The summed E-state index contributed by atoms with van der Waals surface area (Å²) in [6, 6.07) is 6.32. The Morgan fingerprint density at radius 1 is 1.04 bits per heavy atom. The van der Waals surface area contributed by atoms with Gasteiger partial charge in [0.05, 0.1) is 18.8 Å². The first kappa shape index (κ1) is 39.9. The first-order valence-electron chi connectivity index (χ1n) is 19.5. The Hall–Kier alpha value is -4.31. The highest BCUT2D eigenvalue weighted by Gasteiger charge is 2.63. The monoisotopic (exact) mass is 809 g/mol. The number of sulfonamides is 1. The number of fused-ring (bicyclic) bond motifs is 4. The molecule has 4 amide bonds. The van der Waals surface area contributed by atoms with Crippen LogP contribution in [-0.4, -0.2) is 102 Å². The lowest BCUT2D eigenvalue weighted by Gasteiger charge is -2.32. The van der Waals surface area contributed by atoms with Crippen LogP contribution in [0.2, 0.25) is 0 Å². The zero-order valence-corrected chi connectivity index (χ0v) is 34.0. The molecule has 56 heavy (non-hydrogen) atoms. The first-order chi connectivity index (χ1) is 26.6. The second-order valence-electron chi connectivity index (χ2n) is 16.8. The third-order valence-electron chi connectivity index (χ3n) is 11.5. The average Bonchev–Trinajstić information content (AvgIpc) is 3.96. The number of rotatable bonds is 8. The molecule has 5 aliphatic rings. The van der Waals surface area contributed by atoms with Gasteiger partial charge in [0.2, 0.25) is 21.8 Å². The number of methoxy groups -OCH3 is 1. The van der Waals surface area contributed by atoms with Gasteiger partial charge in [-0.15, -0.1) is 11.3 Å². The second kappa shape index (κ2) is 15.6. The van der Waals surface area contributed by atoms with Gasteiger partial charge < -0.3 is 24.6 Å². The molecule has 0 spiro atoms. The lowest BCUT2D eigenvalue weighted by molar-refractivity contribution is -0.159. The van der Waals surface area contributed by atoms with Crippen molar-refractivity contribution in [3.05, 3.63) is 47.5 Å². The number of carbonyl (C=O) groups excluding carboxylic acids is 5. The fourth-order valence-electron chi connectivity index (χ4n) is 8.35. The van der Waals surface area contributed by atoms with Crippen molar-refractivity contribution in [2.45, 2.75) is 101 Å². The molecular weight excluding hydrogens is 759 g/mol. The van der Waals surface area contributed by atoms with Crippen molar-refractivity contribution in [2.24, 2.45) is 23.7 Å². The van der Waals surface area contributed by atoms with Crippen LogP contribution >= 0.6 is 11.3 Å². The highest BCUT2D eigenvalue weighted by molar-refractivity contribution is 7.91. The van der Waals surface area contributed by atoms with Gasteiger partial charge in [0.25, 0.3) is 11.8 Å². The number of hydrogen-bond acceptors (Lipinski definition) is 11. The minimum Gasteiger partial charge on any atom is -0.497 e. The fourth-order valence-corrected chi connectivity index (χ4v) is 10.5. The maximum Gasteiger partial charge on any atom is 0.307 e. The number of nitrogens with zero attached hydrogens (tertiary/aromatic N) is 3. The zero-order valence-electron chi connectivity index (χ0n) is 32.3. The maximum atomic E-state index is 14.7. The summed E-state index contributed by atoms with van der Waals surface area (Å²) in [5.74, 6) is -3.73. The molecule has 14 nitrogen and oxygen atoms in total. The Bertz CT molecular complexity index is 2000. The van der Waals surface area contributed by atoms with Crippen molar-refractivity contribution < 1.29 is 41.9 Å². The predicted molar refractivity (Wildman–Crippen MR) is 208 cm³/mol. The summed E-state index contributed by atoms with van der Waals surface area (Å²) in [6.07, 6.45) is 8.28. The largest absolute Gasteiger partial charge is 0.497 e. The summed E-state index contributed by atoms with van der Waals surface area (Å²) in [4.78, 5) is 78.0. The van der Waals surface area contributed by atoms with E-state index in [0.29, 0.717) is 42.9 Å². The number of ether oxygens (including phenoxy) is 2. The van der Waals surface area contributed by atoms with Crippen LogP contribution in [0.5, 0.6) is 5.75 Å². The molecule has 2 aliphatic carbocycles. The molecule has 2 aromatic rings. The van der Waals surface area contributed by atoms with E-state index in [2.05, 4.69) is 15.0 Å². The molecule has 1 aromatic carbocycles. The molecule has 7 rings (SSSR count). The molecule has 2 N–H and O–H groups in total. The zero-order chi connectivity index (χ0) is 40.0. The van der Waals surface area contributed by atoms with Crippen LogP contribution in [-0.2, 0) is 33.9 Å². The normalized spacial score (nSPS) is 28.8. The number of hydrogen-bond donors (Lipinski definition) is 2. The van der Waals surface area contributed by atoms with E-state index < -0.39 is 68.0 Å². The van der Waals surface area contributed by atoms with Gasteiger partial charge in [-0.3, -0.25) is 28.7 Å². The SMILES string of the molecule is COc1ccc(-c2nc(C(=O)N3C[C@H]4CN5C(=O)[C@@H](CC(=O)OC(C)(C)C)CCCCC/C=C\[C@@H]6C[C@@]6(C(=O)NS(=O)(=O)C6CC6)NC(=O)[C@@H]5[C@H]4C3)cs2)cc1. The summed E-state index contributed by atoms with van der Waals surface area (Å²) >= 11 is 1.35. The second-order valence-corrected chi connectivity index (χ2v) is 19.7. The van der Waals surface area contributed by atoms with E-state index >= 15 is 0 Å². The number of esters is 1. The van der Waals surface area contributed by atoms with Crippen LogP contribution in [0, 0.1) is 23.7 Å². The van der Waals surface area contributed by atoms with Gasteiger partial charge in [0, 0.05) is 54.2 Å². The Balaban J connectivity index is 1.16. The van der Waals surface area contributed by atoms with E-state index in [1.54, 1.807) is 38.2 Å². The van der Waals surface area contributed by atoms with Crippen LogP contribution in [0.15, 0.2) is 41.8 Å². The minimum atomic E-state index is -3.90. The summed E-state index contributed by atoms with van der Waals surface area (Å²) in [5.41, 5.74) is -1.14. The van der Waals surface area contributed by atoms with Crippen molar-refractivity contribution in [1.82, 2.24) is 24.8 Å². The third-order valence-corrected chi connectivity index (χ3v) is 14.2. The summed E-state index contributed by atoms with van der Waals surface area (Å²) in [6.45, 7) is 5.91. The Morgan fingerprint density at radius 3 is 2.48 bits per heavy atom. The number of allylic oxidation sites excluding steroid dienone is 1. The lowest BCUT2D eigenvalue weighted by atomic mass is 9.92. The summed E-state index contributed by atoms with van der Waals surface area (Å²) in [5, 5.41) is 4.69. The van der Waals surface area contributed by atoms with Gasteiger partial charge in [0.1, 0.15) is 33.6 Å². The predicted octanol–water partition coefficient (Wildman–Crippen LogP) is 4.07. The van der Waals surface area contributed by atoms with Gasteiger partial charge in [0.15, 0.2) is 0 Å². The minimum absolute atomic E-state index is 0.144. The fraction of sp³-hybridized carbons (Fsp3) is 0.600. The molecule has 16 heteroatoms. The Morgan fingerprint density at radius 2 is 1.79 bits per heavy atom.